The molecule has 1 aliphatic rings. The Morgan fingerprint density at radius 3 is 1.21 bits per heavy atom. The van der Waals surface area contributed by atoms with Crippen LogP contribution in [0.1, 0.15) is 13.3 Å². The maximum absolute atomic E-state index is 2.71. The minimum Gasteiger partial charge on any atom is -0.284 e. The van der Waals surface area contributed by atoms with Gasteiger partial charge in [0.15, 0.2) is 0 Å². The van der Waals surface area contributed by atoms with Crippen molar-refractivity contribution in [1.29, 1.82) is 0 Å². The van der Waals surface area contributed by atoms with Crippen molar-refractivity contribution in [2.75, 3.05) is 12.0 Å². The molecule has 0 aliphatic carbocycles. The summed E-state index contributed by atoms with van der Waals surface area (Å²) in [4.78, 5) is 0. The number of nitrogens with zero attached hydrogens (tertiary/aromatic N) is 2. The zero-order chi connectivity index (χ0) is 25.9. The Morgan fingerprint density at radius 2 is 0.821 bits per heavy atom. The first-order chi connectivity index (χ1) is 19.1. The van der Waals surface area contributed by atoms with Gasteiger partial charge in [0.25, 0.3) is 0 Å². The summed E-state index contributed by atoms with van der Waals surface area (Å²) in [6.07, 6.45) is 3.67. The van der Waals surface area contributed by atoms with Crippen molar-refractivity contribution in [3.05, 3.63) is 109 Å². The maximum Gasteiger partial charge on any atom is 0.0778 e. The molecule has 39 heavy (non-hydrogen) atoms. The predicted molar refractivity (Wildman–Crippen MR) is 172 cm³/mol. The molecule has 188 valence electrons. The number of rotatable bonds is 2. The Morgan fingerprint density at radius 1 is 0.462 bits per heavy atom. The summed E-state index contributed by atoms with van der Waals surface area (Å²) in [5.41, 5.74) is 5.45. The van der Waals surface area contributed by atoms with Gasteiger partial charge in [-0.2, -0.15) is 0 Å². The highest BCUT2D eigenvalue weighted by Crippen LogP contribution is 2.62. The Hall–Kier alpha value is -4.21. The molecular weight excluding hydrogens is 492 g/mol. The van der Waals surface area contributed by atoms with Gasteiger partial charge in [-0.1, -0.05) is 65.9 Å². The molecule has 1 aliphatic heterocycles. The molecule has 0 radical (unpaired) electrons. The van der Waals surface area contributed by atoms with Gasteiger partial charge in [-0.15, -0.1) is 0 Å². The SMILES string of the molecule is CCCS1(C)n2c(cc3cc4cc5ccccc5cc4cc32)-c2cc3cc4cc5ccccc5cc4cc3n21. The summed E-state index contributed by atoms with van der Waals surface area (Å²) in [6.45, 7) is 2.33. The van der Waals surface area contributed by atoms with Crippen LogP contribution in [0.4, 0.5) is 0 Å². The van der Waals surface area contributed by atoms with Gasteiger partial charge in [-0.3, -0.25) is 7.94 Å². The van der Waals surface area contributed by atoms with Crippen LogP contribution in [0.25, 0.3) is 76.3 Å². The van der Waals surface area contributed by atoms with Crippen molar-refractivity contribution in [2.45, 2.75) is 13.3 Å². The summed E-state index contributed by atoms with van der Waals surface area (Å²) in [5.74, 6) is 1.16. The lowest BCUT2D eigenvalue weighted by molar-refractivity contribution is 1.07. The fourth-order valence-corrected chi connectivity index (χ4v) is 10.7. The average Bonchev–Trinajstić information content (AvgIpc) is 3.57. The van der Waals surface area contributed by atoms with Gasteiger partial charge in [-0.05, 0) is 116 Å². The van der Waals surface area contributed by atoms with E-state index < -0.39 is 10.4 Å². The zero-order valence-electron chi connectivity index (χ0n) is 22.1. The molecule has 2 aromatic heterocycles. The summed E-state index contributed by atoms with van der Waals surface area (Å²) >= 11 is 0. The van der Waals surface area contributed by atoms with Crippen LogP contribution < -0.4 is 0 Å². The average molecular weight is 521 g/mol. The lowest BCUT2D eigenvalue weighted by Gasteiger charge is -2.37. The summed E-state index contributed by atoms with van der Waals surface area (Å²) in [7, 11) is -1.33. The monoisotopic (exact) mass is 520 g/mol. The van der Waals surface area contributed by atoms with E-state index in [9.17, 15) is 0 Å². The minimum absolute atomic E-state index is 1.15. The molecule has 9 rings (SSSR count). The number of fused-ring (bicyclic) bond motifs is 11. The first-order valence-electron chi connectivity index (χ1n) is 13.8. The third-order valence-corrected chi connectivity index (χ3v) is 12.3. The number of aromatic nitrogens is 2. The quantitative estimate of drug-likeness (QED) is 0.201. The van der Waals surface area contributed by atoms with E-state index in [0.29, 0.717) is 0 Å². The van der Waals surface area contributed by atoms with Gasteiger partial charge in [0, 0.05) is 16.5 Å². The molecule has 0 fully saturated rings. The lowest BCUT2D eigenvalue weighted by Crippen LogP contribution is -2.16. The van der Waals surface area contributed by atoms with E-state index in [1.807, 2.05) is 0 Å². The van der Waals surface area contributed by atoms with E-state index in [4.69, 9.17) is 0 Å². The molecule has 0 bridgehead atoms. The van der Waals surface area contributed by atoms with Crippen LogP contribution in [-0.2, 0) is 0 Å². The number of benzene rings is 6. The molecule has 0 amide bonds. The molecule has 0 saturated carbocycles. The first-order valence-corrected chi connectivity index (χ1v) is 16.0. The van der Waals surface area contributed by atoms with Crippen molar-refractivity contribution >= 4 is 75.3 Å². The van der Waals surface area contributed by atoms with Crippen LogP contribution in [0.3, 0.4) is 0 Å². The van der Waals surface area contributed by atoms with E-state index in [1.165, 1.54) is 76.3 Å². The van der Waals surface area contributed by atoms with Crippen LogP contribution in [0.2, 0.25) is 0 Å². The van der Waals surface area contributed by atoms with E-state index in [0.717, 1.165) is 12.2 Å². The van der Waals surface area contributed by atoms with Crippen LogP contribution in [0, 0.1) is 0 Å². The fourth-order valence-electron chi connectivity index (χ4n) is 7.10. The summed E-state index contributed by atoms with van der Waals surface area (Å²) in [5, 5.41) is 13.2. The molecule has 0 spiro atoms. The normalized spacial score (nSPS) is 15.1. The fraction of sp³-hybridized carbons (Fsp3) is 0.111. The van der Waals surface area contributed by atoms with Gasteiger partial charge in [-0.25, -0.2) is 0 Å². The van der Waals surface area contributed by atoms with Gasteiger partial charge < -0.3 is 0 Å². The molecule has 0 unspecified atom stereocenters. The third-order valence-electron chi connectivity index (χ3n) is 8.80. The molecule has 3 heterocycles. The van der Waals surface area contributed by atoms with Crippen molar-refractivity contribution < 1.29 is 0 Å². The number of hydrogen-bond donors (Lipinski definition) is 0. The molecule has 2 nitrogen and oxygen atoms in total. The third kappa shape index (κ3) is 2.83. The van der Waals surface area contributed by atoms with Crippen molar-refractivity contribution in [3.63, 3.8) is 0 Å². The van der Waals surface area contributed by atoms with Gasteiger partial charge in [0.1, 0.15) is 0 Å². The van der Waals surface area contributed by atoms with Crippen LogP contribution in [0.5, 0.6) is 0 Å². The Balaban J connectivity index is 1.35. The molecule has 0 atom stereocenters. The van der Waals surface area contributed by atoms with Gasteiger partial charge in [0.05, 0.1) is 22.4 Å². The van der Waals surface area contributed by atoms with Crippen LogP contribution in [0.15, 0.2) is 109 Å². The predicted octanol–water partition coefficient (Wildman–Crippen LogP) is 10.3. The smallest absolute Gasteiger partial charge is 0.0778 e. The van der Waals surface area contributed by atoms with Crippen LogP contribution in [-0.4, -0.2) is 20.0 Å². The Bertz CT molecular complexity index is 2160. The summed E-state index contributed by atoms with van der Waals surface area (Å²) < 4.78 is 5.42. The molecule has 8 aromatic rings. The highest BCUT2D eigenvalue weighted by Gasteiger charge is 2.37. The lowest BCUT2D eigenvalue weighted by atomic mass is 10.0. The molecular formula is C36H28N2S. The Labute approximate surface area is 228 Å². The van der Waals surface area contributed by atoms with Gasteiger partial charge in [0.2, 0.25) is 0 Å². The van der Waals surface area contributed by atoms with E-state index in [2.05, 4.69) is 130 Å². The largest absolute Gasteiger partial charge is 0.284 e. The first kappa shape index (κ1) is 21.7. The van der Waals surface area contributed by atoms with Crippen LogP contribution >= 0.6 is 10.4 Å². The minimum atomic E-state index is -1.33. The molecule has 0 saturated heterocycles. The zero-order valence-corrected chi connectivity index (χ0v) is 22.9. The van der Waals surface area contributed by atoms with Crippen molar-refractivity contribution in [3.8, 4) is 11.4 Å². The second kappa shape index (κ2) is 7.46. The van der Waals surface area contributed by atoms with Crippen molar-refractivity contribution in [1.82, 2.24) is 7.94 Å². The highest BCUT2D eigenvalue weighted by atomic mass is 32.3. The maximum atomic E-state index is 2.71. The van der Waals surface area contributed by atoms with E-state index in [1.54, 1.807) is 0 Å². The topological polar surface area (TPSA) is 9.86 Å². The van der Waals surface area contributed by atoms with Crippen molar-refractivity contribution in [2.24, 2.45) is 0 Å². The molecule has 6 aromatic carbocycles. The number of hydrogen-bond acceptors (Lipinski definition) is 0. The van der Waals surface area contributed by atoms with Gasteiger partial charge >= 0.3 is 0 Å². The second-order valence-corrected chi connectivity index (χ2v) is 14.4. The molecule has 3 heteroatoms. The Kier molecular flexibility index (Phi) is 4.15. The van der Waals surface area contributed by atoms with E-state index in [-0.39, 0.29) is 0 Å². The highest BCUT2D eigenvalue weighted by molar-refractivity contribution is 8.31. The second-order valence-electron chi connectivity index (χ2n) is 11.3. The summed E-state index contributed by atoms with van der Waals surface area (Å²) in [6, 6.07) is 41.4. The standard InChI is InChI=1S/C36H28N2S/c1-3-12-39(2)37-33-19-29-15-25-10-6-4-8-23(25)13-27(29)17-31(33)21-35(37)36-22-32-18-28-14-24-9-5-7-11-26(24)16-30(28)20-34(32)38(36)39/h4-11,13-22H,3,12H2,1-2H3. The molecule has 0 N–H and O–H groups in total. The van der Waals surface area contributed by atoms with E-state index >= 15 is 0 Å².